The minimum Gasteiger partial charge on any atom is -0.468 e. The zero-order valence-corrected chi connectivity index (χ0v) is 15.4. The van der Waals surface area contributed by atoms with Crippen LogP contribution in [0.15, 0.2) is 24.4 Å². The van der Waals surface area contributed by atoms with Gasteiger partial charge in [0.2, 0.25) is 4.38 Å². The number of ether oxygens (including phenoxy) is 2. The van der Waals surface area contributed by atoms with E-state index in [0.717, 1.165) is 5.69 Å². The number of carbonyl (C=O) groups is 1. The summed E-state index contributed by atoms with van der Waals surface area (Å²) in [7, 11) is 0. The first-order valence-electron chi connectivity index (χ1n) is 7.43. The Hall–Kier alpha value is -1.34. The van der Waals surface area contributed by atoms with Crippen molar-refractivity contribution in [1.29, 1.82) is 0 Å². The van der Waals surface area contributed by atoms with E-state index in [1.54, 1.807) is 11.1 Å². The molecule has 1 saturated heterocycles. The van der Waals surface area contributed by atoms with Gasteiger partial charge in [-0.1, -0.05) is 17.8 Å². The molecule has 0 N–H and O–H groups in total. The van der Waals surface area contributed by atoms with Crippen LogP contribution in [0.25, 0.3) is 0 Å². The van der Waals surface area contributed by atoms with Gasteiger partial charge in [-0.25, -0.2) is 4.79 Å². The van der Waals surface area contributed by atoms with E-state index in [1.165, 1.54) is 11.8 Å². The standard InChI is InChI=1S/C16H22N2O3S2/c1-16(2,3)21-14(19)18-9-11(10-18)13(20-15(22)23-4)12-7-5-6-8-17-12/h5-8,11,13H,9-10H2,1-4H3. The Kier molecular flexibility index (Phi) is 5.86. The summed E-state index contributed by atoms with van der Waals surface area (Å²) in [4.78, 5) is 18.1. The second kappa shape index (κ2) is 7.49. The maximum Gasteiger partial charge on any atom is 0.410 e. The van der Waals surface area contributed by atoms with Crippen molar-refractivity contribution in [2.24, 2.45) is 5.92 Å². The zero-order valence-electron chi connectivity index (χ0n) is 13.8. The molecule has 0 radical (unpaired) electrons. The van der Waals surface area contributed by atoms with Crippen molar-refractivity contribution in [2.45, 2.75) is 32.5 Å². The molecule has 2 rings (SSSR count). The predicted octanol–water partition coefficient (Wildman–Crippen LogP) is 3.65. The molecule has 0 saturated carbocycles. The van der Waals surface area contributed by atoms with Crippen molar-refractivity contribution in [1.82, 2.24) is 9.88 Å². The molecule has 0 aromatic carbocycles. The summed E-state index contributed by atoms with van der Waals surface area (Å²) >= 11 is 6.57. The molecule has 1 aliphatic rings. The van der Waals surface area contributed by atoms with Gasteiger partial charge in [0.25, 0.3) is 0 Å². The van der Waals surface area contributed by atoms with Gasteiger partial charge in [0.15, 0.2) is 0 Å². The lowest BCUT2D eigenvalue weighted by Crippen LogP contribution is -2.54. The van der Waals surface area contributed by atoms with E-state index in [-0.39, 0.29) is 18.1 Å². The van der Waals surface area contributed by atoms with Crippen LogP contribution in [0, 0.1) is 5.92 Å². The van der Waals surface area contributed by atoms with E-state index in [1.807, 2.05) is 45.2 Å². The average Bonchev–Trinajstić information content (AvgIpc) is 2.43. The Morgan fingerprint density at radius 2 is 2.13 bits per heavy atom. The quantitative estimate of drug-likeness (QED) is 0.772. The van der Waals surface area contributed by atoms with Gasteiger partial charge in [-0.2, -0.15) is 0 Å². The summed E-state index contributed by atoms with van der Waals surface area (Å²) < 4.78 is 11.7. The van der Waals surface area contributed by atoms with Crippen LogP contribution in [-0.2, 0) is 9.47 Å². The number of likely N-dealkylation sites (tertiary alicyclic amines) is 1. The third-order valence-corrected chi connectivity index (χ3v) is 4.38. The number of rotatable bonds is 3. The molecule has 1 amide bonds. The summed E-state index contributed by atoms with van der Waals surface area (Å²) in [6.07, 6.45) is 3.08. The van der Waals surface area contributed by atoms with E-state index in [9.17, 15) is 4.79 Å². The molecule has 1 atom stereocenters. The lowest BCUT2D eigenvalue weighted by Gasteiger charge is -2.42. The topological polar surface area (TPSA) is 51.7 Å². The Bertz CT molecular complexity index is 554. The van der Waals surface area contributed by atoms with Crippen molar-refractivity contribution in [3.8, 4) is 0 Å². The Morgan fingerprint density at radius 1 is 1.43 bits per heavy atom. The van der Waals surface area contributed by atoms with Gasteiger partial charge in [0.1, 0.15) is 11.7 Å². The van der Waals surface area contributed by atoms with Crippen molar-refractivity contribution in [3.63, 3.8) is 0 Å². The number of thioether (sulfide) groups is 1. The van der Waals surface area contributed by atoms with Crippen LogP contribution in [0.1, 0.15) is 32.6 Å². The van der Waals surface area contributed by atoms with Crippen LogP contribution in [0.5, 0.6) is 0 Å². The molecule has 23 heavy (non-hydrogen) atoms. The van der Waals surface area contributed by atoms with Crippen LogP contribution in [0.3, 0.4) is 0 Å². The molecule has 2 heterocycles. The van der Waals surface area contributed by atoms with Crippen LogP contribution in [0.4, 0.5) is 4.79 Å². The maximum atomic E-state index is 12.0. The minimum atomic E-state index is -0.487. The summed E-state index contributed by atoms with van der Waals surface area (Å²) in [6.45, 7) is 6.73. The Balaban J connectivity index is 2.00. The molecule has 0 bridgehead atoms. The predicted molar refractivity (Wildman–Crippen MR) is 95.5 cm³/mol. The number of carbonyl (C=O) groups excluding carboxylic acids is 1. The van der Waals surface area contributed by atoms with Gasteiger partial charge in [-0.15, -0.1) is 0 Å². The molecule has 1 aliphatic heterocycles. The van der Waals surface area contributed by atoms with Gasteiger partial charge >= 0.3 is 6.09 Å². The first kappa shape index (κ1) is 18.0. The fourth-order valence-corrected chi connectivity index (χ4v) is 2.58. The van der Waals surface area contributed by atoms with Gasteiger partial charge in [0.05, 0.1) is 5.69 Å². The van der Waals surface area contributed by atoms with E-state index in [0.29, 0.717) is 17.5 Å². The number of amides is 1. The van der Waals surface area contributed by atoms with Crippen LogP contribution in [-0.4, -0.2) is 45.3 Å². The molecule has 1 fully saturated rings. The van der Waals surface area contributed by atoms with E-state index >= 15 is 0 Å². The first-order valence-corrected chi connectivity index (χ1v) is 9.07. The number of aromatic nitrogens is 1. The highest BCUT2D eigenvalue weighted by atomic mass is 32.2. The van der Waals surface area contributed by atoms with Crippen LogP contribution >= 0.6 is 24.0 Å². The van der Waals surface area contributed by atoms with Gasteiger partial charge in [-0.05, 0) is 51.4 Å². The highest BCUT2D eigenvalue weighted by molar-refractivity contribution is 8.22. The lowest BCUT2D eigenvalue weighted by atomic mass is 9.91. The molecule has 0 spiro atoms. The number of thiocarbonyl (C=S) groups is 1. The molecule has 126 valence electrons. The van der Waals surface area contributed by atoms with Crippen molar-refractivity contribution < 1.29 is 14.3 Å². The van der Waals surface area contributed by atoms with E-state index < -0.39 is 5.60 Å². The fraction of sp³-hybridized carbons (Fsp3) is 0.562. The molecule has 5 nitrogen and oxygen atoms in total. The second-order valence-corrected chi connectivity index (χ2v) is 7.80. The highest BCUT2D eigenvalue weighted by Crippen LogP contribution is 2.34. The van der Waals surface area contributed by atoms with Crippen molar-refractivity contribution >= 4 is 34.5 Å². The lowest BCUT2D eigenvalue weighted by molar-refractivity contribution is -0.0274. The monoisotopic (exact) mass is 354 g/mol. The van der Waals surface area contributed by atoms with Crippen LogP contribution in [0.2, 0.25) is 0 Å². The summed E-state index contributed by atoms with van der Waals surface area (Å²) in [5.41, 5.74) is 0.345. The Morgan fingerprint density at radius 3 is 2.65 bits per heavy atom. The second-order valence-electron chi connectivity index (χ2n) is 6.39. The first-order chi connectivity index (χ1) is 10.8. The third kappa shape index (κ3) is 5.07. The molecule has 0 aliphatic carbocycles. The molecule has 1 aromatic rings. The third-order valence-electron chi connectivity index (χ3n) is 3.36. The number of nitrogens with zero attached hydrogens (tertiary/aromatic N) is 2. The van der Waals surface area contributed by atoms with Crippen molar-refractivity contribution in [3.05, 3.63) is 30.1 Å². The van der Waals surface area contributed by atoms with Gasteiger partial charge < -0.3 is 14.4 Å². The highest BCUT2D eigenvalue weighted by Gasteiger charge is 2.40. The number of hydrogen-bond acceptors (Lipinski definition) is 6. The average molecular weight is 354 g/mol. The fourth-order valence-electron chi connectivity index (χ4n) is 2.27. The summed E-state index contributed by atoms with van der Waals surface area (Å²) in [6, 6.07) is 5.70. The molecular formula is C16H22N2O3S2. The smallest absolute Gasteiger partial charge is 0.410 e. The van der Waals surface area contributed by atoms with Gasteiger partial charge in [0, 0.05) is 25.2 Å². The van der Waals surface area contributed by atoms with E-state index in [2.05, 4.69) is 4.98 Å². The summed E-state index contributed by atoms with van der Waals surface area (Å²) in [5.74, 6) is 0.155. The van der Waals surface area contributed by atoms with Crippen molar-refractivity contribution in [2.75, 3.05) is 19.3 Å². The summed E-state index contributed by atoms with van der Waals surface area (Å²) in [5, 5.41) is 0. The largest absolute Gasteiger partial charge is 0.468 e. The SMILES string of the molecule is CSC(=S)OC(c1ccccn1)C1CN(C(=O)OC(C)(C)C)C1. The Labute approximate surface area is 146 Å². The van der Waals surface area contributed by atoms with E-state index in [4.69, 9.17) is 21.7 Å². The minimum absolute atomic E-state index is 0.155. The molecular weight excluding hydrogens is 332 g/mol. The van der Waals surface area contributed by atoms with Gasteiger partial charge in [-0.3, -0.25) is 4.98 Å². The normalized spacial score (nSPS) is 16.4. The zero-order chi connectivity index (χ0) is 17.0. The molecule has 7 heteroatoms. The van der Waals surface area contributed by atoms with Crippen LogP contribution < -0.4 is 0 Å². The molecule has 1 aromatic heterocycles. The maximum absolute atomic E-state index is 12.0. The number of pyridine rings is 1. The molecule has 1 unspecified atom stereocenters. The number of hydrogen-bond donors (Lipinski definition) is 0.